The van der Waals surface area contributed by atoms with Crippen LogP contribution in [0.25, 0.3) is 0 Å². The Hall–Kier alpha value is -2.08. The molecular formula is C16H15BrN2O3. The molecule has 0 saturated carbocycles. The van der Waals surface area contributed by atoms with Gasteiger partial charge in [0.05, 0.1) is 11.5 Å². The minimum atomic E-state index is -0.948. The Kier molecular flexibility index (Phi) is 3.56. The number of halogens is 1. The number of carboxylic acids is 1. The fraction of sp³-hybridized carbons (Fsp3) is 0.250. The highest BCUT2D eigenvalue weighted by molar-refractivity contribution is 9.10. The van der Waals surface area contributed by atoms with Gasteiger partial charge in [-0.1, -0.05) is 15.9 Å². The number of rotatable bonds is 3. The van der Waals surface area contributed by atoms with Crippen LogP contribution in [0.2, 0.25) is 0 Å². The van der Waals surface area contributed by atoms with Crippen LogP contribution < -0.4 is 5.32 Å². The molecule has 1 aromatic heterocycles. The predicted molar refractivity (Wildman–Crippen MR) is 86.4 cm³/mol. The molecule has 1 amide bonds. The van der Waals surface area contributed by atoms with Crippen molar-refractivity contribution < 1.29 is 14.7 Å². The molecule has 0 fully saturated rings. The van der Waals surface area contributed by atoms with E-state index < -0.39 is 5.97 Å². The number of benzene rings is 1. The third-order valence-electron chi connectivity index (χ3n) is 4.13. The van der Waals surface area contributed by atoms with E-state index >= 15 is 0 Å². The van der Waals surface area contributed by atoms with E-state index in [4.69, 9.17) is 0 Å². The van der Waals surface area contributed by atoms with Crippen LogP contribution in [-0.2, 0) is 11.2 Å². The Labute approximate surface area is 135 Å². The number of carbonyl (C=O) groups excluding carboxylic acids is 1. The average Bonchev–Trinajstić information content (AvgIpc) is 2.88. The van der Waals surface area contributed by atoms with Crippen molar-refractivity contribution >= 4 is 33.5 Å². The lowest BCUT2D eigenvalue weighted by Gasteiger charge is -2.09. The lowest BCUT2D eigenvalue weighted by Crippen LogP contribution is -2.15. The number of hydrogen-bond acceptors (Lipinski definition) is 2. The predicted octanol–water partition coefficient (Wildman–Crippen LogP) is 3.37. The van der Waals surface area contributed by atoms with Crippen molar-refractivity contribution in [2.24, 2.45) is 0 Å². The lowest BCUT2D eigenvalue weighted by atomic mass is 9.94. The molecule has 3 N–H and O–H groups in total. The zero-order chi connectivity index (χ0) is 16.0. The van der Waals surface area contributed by atoms with E-state index in [9.17, 15) is 14.7 Å². The maximum Gasteiger partial charge on any atom is 0.337 e. The van der Waals surface area contributed by atoms with Crippen molar-refractivity contribution in [1.29, 1.82) is 0 Å². The quantitative estimate of drug-likeness (QED) is 0.782. The normalized spacial score (nSPS) is 16.5. The van der Waals surface area contributed by atoms with Gasteiger partial charge >= 0.3 is 5.97 Å². The second kappa shape index (κ2) is 5.28. The number of nitrogens with one attached hydrogen (secondary N) is 2. The third-order valence-corrected chi connectivity index (χ3v) is 4.62. The van der Waals surface area contributed by atoms with Gasteiger partial charge in [0, 0.05) is 28.0 Å². The van der Waals surface area contributed by atoms with Crippen molar-refractivity contribution in [2.45, 2.75) is 26.2 Å². The number of aromatic nitrogens is 1. The summed E-state index contributed by atoms with van der Waals surface area (Å²) in [6, 6.07) is 5.68. The number of hydrogen-bond donors (Lipinski definition) is 3. The van der Waals surface area contributed by atoms with Crippen LogP contribution in [0.3, 0.4) is 0 Å². The van der Waals surface area contributed by atoms with Gasteiger partial charge in [0.1, 0.15) is 0 Å². The first-order valence-electron chi connectivity index (χ1n) is 6.90. The highest BCUT2D eigenvalue weighted by Crippen LogP contribution is 2.37. The van der Waals surface area contributed by atoms with E-state index in [1.807, 2.05) is 18.2 Å². The summed E-state index contributed by atoms with van der Waals surface area (Å²) in [5, 5.41) is 12.1. The highest BCUT2D eigenvalue weighted by atomic mass is 79.9. The summed E-state index contributed by atoms with van der Waals surface area (Å²) in [6.45, 7) is 3.51. The summed E-state index contributed by atoms with van der Waals surface area (Å²) >= 11 is 3.42. The Balaban J connectivity index is 1.98. The summed E-state index contributed by atoms with van der Waals surface area (Å²) in [5.41, 5.74) is 4.15. The summed E-state index contributed by atoms with van der Waals surface area (Å²) in [4.78, 5) is 26.6. The van der Waals surface area contributed by atoms with Crippen molar-refractivity contribution in [1.82, 2.24) is 4.98 Å². The maximum absolute atomic E-state index is 12.2. The minimum Gasteiger partial charge on any atom is -0.478 e. The van der Waals surface area contributed by atoms with E-state index in [1.165, 1.54) is 0 Å². The van der Waals surface area contributed by atoms with E-state index in [1.54, 1.807) is 13.8 Å². The summed E-state index contributed by atoms with van der Waals surface area (Å²) < 4.78 is 0.915. The molecule has 0 saturated heterocycles. The van der Waals surface area contributed by atoms with Crippen molar-refractivity contribution in [2.75, 3.05) is 5.32 Å². The fourth-order valence-corrected chi connectivity index (χ4v) is 3.42. The molecular weight excluding hydrogens is 348 g/mol. The molecule has 6 heteroatoms. The van der Waals surface area contributed by atoms with Gasteiger partial charge in [-0.05, 0) is 43.2 Å². The zero-order valence-electron chi connectivity index (χ0n) is 12.2. The Morgan fingerprint density at radius 1 is 1.36 bits per heavy atom. The van der Waals surface area contributed by atoms with Gasteiger partial charge in [0.2, 0.25) is 5.91 Å². The van der Waals surface area contributed by atoms with Crippen LogP contribution in [-0.4, -0.2) is 22.0 Å². The van der Waals surface area contributed by atoms with Gasteiger partial charge in [0.15, 0.2) is 0 Å². The van der Waals surface area contributed by atoms with Crippen LogP contribution in [0.4, 0.5) is 5.69 Å². The molecule has 2 aromatic rings. The lowest BCUT2D eigenvalue weighted by molar-refractivity contribution is -0.117. The van der Waals surface area contributed by atoms with Gasteiger partial charge < -0.3 is 15.4 Å². The van der Waals surface area contributed by atoms with Crippen LogP contribution in [0.15, 0.2) is 22.7 Å². The van der Waals surface area contributed by atoms with Gasteiger partial charge in [0.25, 0.3) is 0 Å². The standard InChI is InChI=1S/C16H15BrN2O3/c1-7-13(18-8(2)14(7)16(21)22)6-11-10-5-9(17)3-4-12(10)19-15(11)20/h3-5,11,18H,6H2,1-2H3,(H,19,20)(H,21,22). The van der Waals surface area contributed by atoms with Crippen LogP contribution in [0, 0.1) is 13.8 Å². The molecule has 114 valence electrons. The van der Waals surface area contributed by atoms with Gasteiger partial charge in [-0.2, -0.15) is 0 Å². The number of aryl methyl sites for hydroxylation is 1. The van der Waals surface area contributed by atoms with Crippen molar-refractivity contribution in [3.05, 3.63) is 50.8 Å². The molecule has 1 aliphatic heterocycles. The molecule has 2 heterocycles. The van der Waals surface area contributed by atoms with E-state index in [2.05, 4.69) is 26.2 Å². The number of aromatic carboxylic acids is 1. The van der Waals surface area contributed by atoms with Gasteiger partial charge in [-0.3, -0.25) is 4.79 Å². The third kappa shape index (κ3) is 2.33. The number of amides is 1. The Morgan fingerprint density at radius 3 is 2.73 bits per heavy atom. The Morgan fingerprint density at radius 2 is 2.09 bits per heavy atom. The number of carboxylic acid groups (broad SMARTS) is 1. The van der Waals surface area contributed by atoms with Crippen molar-refractivity contribution in [3.63, 3.8) is 0 Å². The smallest absolute Gasteiger partial charge is 0.337 e. The summed E-state index contributed by atoms with van der Waals surface area (Å²) in [5.74, 6) is -1.32. The summed E-state index contributed by atoms with van der Waals surface area (Å²) in [6.07, 6.45) is 0.454. The number of H-pyrrole nitrogens is 1. The molecule has 1 aliphatic rings. The SMILES string of the molecule is Cc1[nH]c(CC2C(=O)Nc3ccc(Br)cc32)c(C)c1C(=O)O. The minimum absolute atomic E-state index is 0.0587. The average molecular weight is 363 g/mol. The molecule has 1 atom stereocenters. The first kappa shape index (κ1) is 14.8. The highest BCUT2D eigenvalue weighted by Gasteiger charge is 2.32. The van der Waals surface area contributed by atoms with E-state index in [-0.39, 0.29) is 11.8 Å². The maximum atomic E-state index is 12.2. The first-order valence-corrected chi connectivity index (χ1v) is 7.69. The van der Waals surface area contributed by atoms with Crippen LogP contribution >= 0.6 is 15.9 Å². The molecule has 3 rings (SSSR count). The van der Waals surface area contributed by atoms with Gasteiger partial charge in [-0.25, -0.2) is 4.79 Å². The molecule has 0 spiro atoms. The molecule has 1 aromatic carbocycles. The Bertz CT molecular complexity index is 795. The van der Waals surface area contributed by atoms with Crippen molar-refractivity contribution in [3.8, 4) is 0 Å². The topological polar surface area (TPSA) is 82.2 Å². The number of aromatic amines is 1. The van der Waals surface area contributed by atoms with E-state index in [0.29, 0.717) is 23.2 Å². The molecule has 0 aliphatic carbocycles. The largest absolute Gasteiger partial charge is 0.478 e. The molecule has 0 radical (unpaired) electrons. The summed E-state index contributed by atoms with van der Waals surface area (Å²) in [7, 11) is 0. The molecule has 1 unspecified atom stereocenters. The van der Waals surface area contributed by atoms with Gasteiger partial charge in [-0.15, -0.1) is 0 Å². The number of carbonyl (C=O) groups is 2. The first-order chi connectivity index (χ1) is 10.4. The monoisotopic (exact) mass is 362 g/mol. The number of anilines is 1. The molecule has 5 nitrogen and oxygen atoms in total. The van der Waals surface area contributed by atoms with Crippen LogP contribution in [0.5, 0.6) is 0 Å². The molecule has 22 heavy (non-hydrogen) atoms. The second-order valence-corrected chi connectivity index (χ2v) is 6.43. The fourth-order valence-electron chi connectivity index (χ4n) is 3.04. The van der Waals surface area contributed by atoms with E-state index in [0.717, 1.165) is 21.4 Å². The molecule has 0 bridgehead atoms. The van der Waals surface area contributed by atoms with Crippen LogP contribution in [0.1, 0.15) is 38.8 Å². The second-order valence-electron chi connectivity index (χ2n) is 5.51. The number of fused-ring (bicyclic) bond motifs is 1. The zero-order valence-corrected chi connectivity index (χ0v) is 13.7.